The molecule has 2 atom stereocenters. The Balaban J connectivity index is 1.90. The van der Waals surface area contributed by atoms with Crippen LogP contribution in [0, 0.1) is 5.41 Å². The van der Waals surface area contributed by atoms with Crippen LogP contribution in [0.25, 0.3) is 0 Å². The van der Waals surface area contributed by atoms with Gasteiger partial charge in [-0.15, -0.1) is 0 Å². The van der Waals surface area contributed by atoms with E-state index in [4.69, 9.17) is 0 Å². The summed E-state index contributed by atoms with van der Waals surface area (Å²) in [7, 11) is 2.22. The van der Waals surface area contributed by atoms with Crippen LogP contribution in [-0.2, 0) is 0 Å². The Labute approximate surface area is 125 Å². The normalized spacial score (nSPS) is 28.1. The van der Waals surface area contributed by atoms with E-state index in [1.165, 1.54) is 38.5 Å². The van der Waals surface area contributed by atoms with Crippen LogP contribution in [0.1, 0.15) is 65.2 Å². The van der Waals surface area contributed by atoms with Gasteiger partial charge in [-0.25, -0.2) is 0 Å². The summed E-state index contributed by atoms with van der Waals surface area (Å²) in [5, 5.41) is 14.0. The summed E-state index contributed by atoms with van der Waals surface area (Å²) in [5.74, 6) is 0. The first-order valence-electron chi connectivity index (χ1n) is 8.72. The highest BCUT2D eigenvalue weighted by Gasteiger charge is 2.34. The Morgan fingerprint density at radius 3 is 2.30 bits per heavy atom. The molecule has 3 nitrogen and oxygen atoms in total. The molecular formula is C17H34N2O. The van der Waals surface area contributed by atoms with E-state index >= 15 is 0 Å². The van der Waals surface area contributed by atoms with E-state index in [1.807, 2.05) is 0 Å². The SMILES string of the molecule is CCC(CC)(CNC1CC1)CN(C)C1CCCCC1O. The molecule has 3 heteroatoms. The van der Waals surface area contributed by atoms with Crippen molar-refractivity contribution in [3.8, 4) is 0 Å². The van der Waals surface area contributed by atoms with Crippen LogP contribution < -0.4 is 5.32 Å². The summed E-state index contributed by atoms with van der Waals surface area (Å²) < 4.78 is 0. The molecule has 20 heavy (non-hydrogen) atoms. The minimum absolute atomic E-state index is 0.114. The number of hydrogen-bond donors (Lipinski definition) is 2. The van der Waals surface area contributed by atoms with Crippen molar-refractivity contribution in [3.05, 3.63) is 0 Å². The molecule has 2 N–H and O–H groups in total. The third-order valence-electron chi connectivity index (χ3n) is 5.69. The molecule has 0 bridgehead atoms. The zero-order valence-corrected chi connectivity index (χ0v) is 13.7. The average Bonchev–Trinajstić information content (AvgIpc) is 3.28. The van der Waals surface area contributed by atoms with Crippen LogP contribution in [0.3, 0.4) is 0 Å². The maximum Gasteiger partial charge on any atom is 0.0695 e. The lowest BCUT2D eigenvalue weighted by Gasteiger charge is -2.42. The fourth-order valence-electron chi connectivity index (χ4n) is 3.68. The molecule has 0 amide bonds. The smallest absolute Gasteiger partial charge is 0.0695 e. The molecule has 2 fully saturated rings. The molecule has 0 aromatic heterocycles. The number of aliphatic hydroxyl groups is 1. The monoisotopic (exact) mass is 282 g/mol. The zero-order chi connectivity index (χ0) is 14.6. The predicted molar refractivity (Wildman–Crippen MR) is 84.9 cm³/mol. The van der Waals surface area contributed by atoms with Crippen molar-refractivity contribution in [2.45, 2.75) is 83.4 Å². The molecule has 2 aliphatic carbocycles. The van der Waals surface area contributed by atoms with Crippen molar-refractivity contribution in [3.63, 3.8) is 0 Å². The van der Waals surface area contributed by atoms with Crippen LogP contribution in [0.4, 0.5) is 0 Å². The van der Waals surface area contributed by atoms with Gasteiger partial charge in [0.25, 0.3) is 0 Å². The van der Waals surface area contributed by atoms with Gasteiger partial charge in [-0.2, -0.15) is 0 Å². The van der Waals surface area contributed by atoms with Gasteiger partial charge in [0, 0.05) is 25.2 Å². The summed E-state index contributed by atoms with van der Waals surface area (Å²) in [6.07, 6.45) is 9.67. The Morgan fingerprint density at radius 2 is 1.75 bits per heavy atom. The van der Waals surface area contributed by atoms with Crippen LogP contribution >= 0.6 is 0 Å². The van der Waals surface area contributed by atoms with Gasteiger partial charge >= 0.3 is 0 Å². The second kappa shape index (κ2) is 7.24. The molecule has 0 spiro atoms. The van der Waals surface area contributed by atoms with Gasteiger partial charge in [0.2, 0.25) is 0 Å². The molecule has 2 saturated carbocycles. The fraction of sp³-hybridized carbons (Fsp3) is 1.00. The number of nitrogens with one attached hydrogen (secondary N) is 1. The van der Waals surface area contributed by atoms with Crippen LogP contribution in [0.2, 0.25) is 0 Å². The van der Waals surface area contributed by atoms with E-state index in [9.17, 15) is 5.11 Å². The Kier molecular flexibility index (Phi) is 5.88. The van der Waals surface area contributed by atoms with E-state index in [0.29, 0.717) is 11.5 Å². The average molecular weight is 282 g/mol. The lowest BCUT2D eigenvalue weighted by Crippen LogP contribution is -2.50. The Morgan fingerprint density at radius 1 is 1.10 bits per heavy atom. The van der Waals surface area contributed by atoms with Crippen LogP contribution in [-0.4, -0.2) is 48.3 Å². The minimum atomic E-state index is -0.114. The van der Waals surface area contributed by atoms with Crippen LogP contribution in [0.5, 0.6) is 0 Å². The second-order valence-corrected chi connectivity index (χ2v) is 7.20. The number of hydrogen-bond acceptors (Lipinski definition) is 3. The maximum absolute atomic E-state index is 10.3. The maximum atomic E-state index is 10.3. The summed E-state index contributed by atoms with van der Waals surface area (Å²) in [5.41, 5.74) is 0.370. The summed E-state index contributed by atoms with van der Waals surface area (Å²) in [4.78, 5) is 2.45. The van der Waals surface area contributed by atoms with Crippen molar-refractivity contribution in [2.24, 2.45) is 5.41 Å². The van der Waals surface area contributed by atoms with Gasteiger partial charge in [-0.05, 0) is 51.0 Å². The highest BCUT2D eigenvalue weighted by Crippen LogP contribution is 2.31. The molecule has 2 aliphatic rings. The van der Waals surface area contributed by atoms with Gasteiger partial charge in [0.05, 0.1) is 6.10 Å². The van der Waals surface area contributed by atoms with E-state index in [2.05, 4.69) is 31.1 Å². The molecule has 0 aliphatic heterocycles. The van der Waals surface area contributed by atoms with E-state index in [0.717, 1.165) is 32.0 Å². The van der Waals surface area contributed by atoms with Crippen molar-refractivity contribution in [1.82, 2.24) is 10.2 Å². The molecule has 2 unspecified atom stereocenters. The van der Waals surface area contributed by atoms with Gasteiger partial charge in [-0.1, -0.05) is 26.7 Å². The zero-order valence-electron chi connectivity index (χ0n) is 13.7. The molecule has 0 aromatic carbocycles. The quantitative estimate of drug-likeness (QED) is 0.718. The molecule has 118 valence electrons. The Hall–Kier alpha value is -0.120. The first-order chi connectivity index (χ1) is 9.60. The van der Waals surface area contributed by atoms with Crippen LogP contribution in [0.15, 0.2) is 0 Å². The summed E-state index contributed by atoms with van der Waals surface area (Å²) >= 11 is 0. The number of likely N-dealkylation sites (N-methyl/N-ethyl adjacent to an activating group) is 1. The topological polar surface area (TPSA) is 35.5 Å². The fourth-order valence-corrected chi connectivity index (χ4v) is 3.68. The molecule has 0 heterocycles. The van der Waals surface area contributed by atoms with E-state index in [-0.39, 0.29) is 6.10 Å². The second-order valence-electron chi connectivity index (χ2n) is 7.20. The highest BCUT2D eigenvalue weighted by molar-refractivity contribution is 4.90. The van der Waals surface area contributed by atoms with E-state index in [1.54, 1.807) is 0 Å². The Bertz CT molecular complexity index is 287. The third-order valence-corrected chi connectivity index (χ3v) is 5.69. The van der Waals surface area contributed by atoms with Crippen molar-refractivity contribution < 1.29 is 5.11 Å². The van der Waals surface area contributed by atoms with Gasteiger partial charge in [0.1, 0.15) is 0 Å². The number of nitrogens with zero attached hydrogens (tertiary/aromatic N) is 1. The van der Waals surface area contributed by atoms with E-state index < -0.39 is 0 Å². The van der Waals surface area contributed by atoms with Gasteiger partial charge in [0.15, 0.2) is 0 Å². The standard InChI is InChI=1S/C17H34N2O/c1-4-17(5-2,12-18-14-10-11-14)13-19(3)15-8-6-7-9-16(15)20/h14-16,18,20H,4-13H2,1-3H3. The number of rotatable bonds is 8. The van der Waals surface area contributed by atoms with Gasteiger partial charge < -0.3 is 15.3 Å². The third kappa shape index (κ3) is 4.19. The molecule has 2 rings (SSSR count). The van der Waals surface area contributed by atoms with Crippen molar-refractivity contribution in [2.75, 3.05) is 20.1 Å². The minimum Gasteiger partial charge on any atom is -0.391 e. The molecule has 0 saturated heterocycles. The summed E-state index contributed by atoms with van der Waals surface area (Å²) in [6.45, 7) is 6.89. The lowest BCUT2D eigenvalue weighted by molar-refractivity contribution is 0.0101. The van der Waals surface area contributed by atoms with Gasteiger partial charge in [-0.3, -0.25) is 0 Å². The molecule has 0 aromatic rings. The first-order valence-corrected chi connectivity index (χ1v) is 8.72. The lowest BCUT2D eigenvalue weighted by atomic mass is 9.80. The van der Waals surface area contributed by atoms with Crippen molar-refractivity contribution >= 4 is 0 Å². The number of aliphatic hydroxyl groups excluding tert-OH is 1. The molecular weight excluding hydrogens is 248 g/mol. The largest absolute Gasteiger partial charge is 0.391 e. The first kappa shape index (κ1) is 16.3. The predicted octanol–water partition coefficient (Wildman–Crippen LogP) is 2.78. The highest BCUT2D eigenvalue weighted by atomic mass is 16.3. The summed E-state index contributed by atoms with van der Waals surface area (Å²) in [6, 6.07) is 1.17. The molecule has 0 radical (unpaired) electrons. The van der Waals surface area contributed by atoms with Crippen molar-refractivity contribution in [1.29, 1.82) is 0 Å².